The highest BCUT2D eigenvalue weighted by atomic mass is 16.2. The van der Waals surface area contributed by atoms with E-state index in [2.05, 4.69) is 10.3 Å². The van der Waals surface area contributed by atoms with Gasteiger partial charge in [-0.1, -0.05) is 13.0 Å². The Hall–Kier alpha value is -3.22. The van der Waals surface area contributed by atoms with Crippen LogP contribution in [0.2, 0.25) is 0 Å². The molecule has 3 amide bonds. The summed E-state index contributed by atoms with van der Waals surface area (Å²) < 4.78 is 0. The third-order valence-corrected chi connectivity index (χ3v) is 4.73. The van der Waals surface area contributed by atoms with Crippen molar-refractivity contribution in [1.29, 1.82) is 0 Å². The highest BCUT2D eigenvalue weighted by Gasteiger charge is 2.22. The van der Waals surface area contributed by atoms with Gasteiger partial charge < -0.3 is 15.1 Å². The number of benzene rings is 1. The van der Waals surface area contributed by atoms with Crippen LogP contribution in [0.3, 0.4) is 0 Å². The molecule has 0 radical (unpaired) electrons. The summed E-state index contributed by atoms with van der Waals surface area (Å²) in [5.41, 5.74) is 1.52. The molecule has 1 aliphatic heterocycles. The van der Waals surface area contributed by atoms with Gasteiger partial charge in [-0.05, 0) is 36.8 Å². The number of aromatic nitrogens is 1. The van der Waals surface area contributed by atoms with Crippen LogP contribution >= 0.6 is 0 Å². The second-order valence-corrected chi connectivity index (χ2v) is 6.66. The van der Waals surface area contributed by atoms with Gasteiger partial charge in [0.05, 0.1) is 5.56 Å². The third-order valence-electron chi connectivity index (χ3n) is 4.73. The number of carbonyl (C=O) groups excluding carboxylic acids is 3. The molecule has 28 heavy (non-hydrogen) atoms. The van der Waals surface area contributed by atoms with Gasteiger partial charge in [0.1, 0.15) is 0 Å². The zero-order valence-electron chi connectivity index (χ0n) is 15.9. The van der Waals surface area contributed by atoms with Crippen LogP contribution in [0, 0.1) is 0 Å². The van der Waals surface area contributed by atoms with E-state index in [1.165, 1.54) is 6.20 Å². The van der Waals surface area contributed by atoms with Crippen LogP contribution < -0.4 is 5.32 Å². The second-order valence-electron chi connectivity index (χ2n) is 6.66. The lowest BCUT2D eigenvalue weighted by Crippen LogP contribution is -2.37. The molecular formula is C21H24N4O3. The summed E-state index contributed by atoms with van der Waals surface area (Å²) in [6.07, 6.45) is 4.33. The first kappa shape index (κ1) is 19.5. The molecule has 0 bridgehead atoms. The fraction of sp³-hybridized carbons (Fsp3) is 0.333. The van der Waals surface area contributed by atoms with Gasteiger partial charge in [0.2, 0.25) is 5.91 Å². The topological polar surface area (TPSA) is 82.6 Å². The van der Waals surface area contributed by atoms with Gasteiger partial charge >= 0.3 is 0 Å². The molecule has 0 spiro atoms. The summed E-state index contributed by atoms with van der Waals surface area (Å²) in [5.74, 6) is -0.251. The molecule has 1 saturated heterocycles. The smallest absolute Gasteiger partial charge is 0.257 e. The number of anilines is 1. The molecule has 1 aromatic heterocycles. The fourth-order valence-corrected chi connectivity index (χ4v) is 3.21. The minimum Gasteiger partial charge on any atom is -0.341 e. The molecule has 1 aromatic carbocycles. The number of nitrogens with zero attached hydrogens (tertiary/aromatic N) is 3. The van der Waals surface area contributed by atoms with Crippen LogP contribution in [0.5, 0.6) is 0 Å². The Bertz CT molecular complexity index is 854. The Morgan fingerprint density at radius 3 is 2.50 bits per heavy atom. The number of nitrogens with one attached hydrogen (secondary N) is 1. The predicted molar refractivity (Wildman–Crippen MR) is 106 cm³/mol. The molecule has 146 valence electrons. The lowest BCUT2D eigenvalue weighted by molar-refractivity contribution is -0.130. The SMILES string of the molecule is CCC(=O)N1CCCN(C(=O)c2cccc(NC(=O)c3cccnc3)c2)CC1. The molecule has 2 heterocycles. The minimum absolute atomic E-state index is 0.0942. The van der Waals surface area contributed by atoms with E-state index >= 15 is 0 Å². The first-order chi connectivity index (χ1) is 13.6. The van der Waals surface area contributed by atoms with Gasteiger partial charge in [-0.25, -0.2) is 0 Å². The standard InChI is InChI=1S/C21H24N4O3/c1-2-19(26)24-10-5-11-25(13-12-24)21(28)16-6-3-8-18(14-16)23-20(27)17-7-4-9-22-15-17/h3-4,6-9,14-15H,2,5,10-13H2,1H3,(H,23,27). The molecule has 7 nitrogen and oxygen atoms in total. The molecule has 1 aliphatic rings. The van der Waals surface area contributed by atoms with E-state index in [1.807, 2.05) is 11.8 Å². The zero-order chi connectivity index (χ0) is 19.9. The minimum atomic E-state index is -0.277. The van der Waals surface area contributed by atoms with Crippen molar-refractivity contribution in [3.8, 4) is 0 Å². The number of pyridine rings is 1. The van der Waals surface area contributed by atoms with Crippen molar-refractivity contribution in [1.82, 2.24) is 14.8 Å². The van der Waals surface area contributed by atoms with E-state index in [0.29, 0.717) is 49.4 Å². The molecule has 1 N–H and O–H groups in total. The Morgan fingerprint density at radius 1 is 1.00 bits per heavy atom. The fourth-order valence-electron chi connectivity index (χ4n) is 3.21. The quantitative estimate of drug-likeness (QED) is 0.883. The first-order valence-electron chi connectivity index (χ1n) is 9.47. The first-order valence-corrected chi connectivity index (χ1v) is 9.47. The molecule has 1 fully saturated rings. The maximum atomic E-state index is 12.9. The Balaban J connectivity index is 1.67. The highest BCUT2D eigenvalue weighted by Crippen LogP contribution is 2.15. The molecule has 0 unspecified atom stereocenters. The normalized spacial score (nSPS) is 14.3. The van der Waals surface area contributed by atoms with Crippen molar-refractivity contribution in [2.24, 2.45) is 0 Å². The largest absolute Gasteiger partial charge is 0.341 e. The van der Waals surface area contributed by atoms with Crippen molar-refractivity contribution in [3.63, 3.8) is 0 Å². The zero-order valence-corrected chi connectivity index (χ0v) is 15.9. The highest BCUT2D eigenvalue weighted by molar-refractivity contribution is 6.04. The van der Waals surface area contributed by atoms with Gasteiger partial charge in [0.25, 0.3) is 11.8 Å². The van der Waals surface area contributed by atoms with E-state index < -0.39 is 0 Å². The van der Waals surface area contributed by atoms with Crippen LogP contribution in [0.1, 0.15) is 40.5 Å². The summed E-state index contributed by atoms with van der Waals surface area (Å²) in [5, 5.41) is 2.80. The summed E-state index contributed by atoms with van der Waals surface area (Å²) >= 11 is 0. The van der Waals surface area contributed by atoms with Crippen molar-refractivity contribution >= 4 is 23.4 Å². The van der Waals surface area contributed by atoms with Crippen LogP contribution in [-0.4, -0.2) is 58.7 Å². The third kappa shape index (κ3) is 4.73. The molecule has 2 aromatic rings. The van der Waals surface area contributed by atoms with E-state index in [4.69, 9.17) is 0 Å². The number of hydrogen-bond donors (Lipinski definition) is 1. The predicted octanol–water partition coefficient (Wildman–Crippen LogP) is 2.42. The average molecular weight is 380 g/mol. The second kappa shape index (κ2) is 9.12. The number of carbonyl (C=O) groups is 3. The number of rotatable bonds is 4. The summed E-state index contributed by atoms with van der Waals surface area (Å²) in [6.45, 7) is 4.20. The molecule has 3 rings (SSSR count). The molecular weight excluding hydrogens is 356 g/mol. The van der Waals surface area contributed by atoms with E-state index in [0.717, 1.165) is 6.42 Å². The van der Waals surface area contributed by atoms with Crippen LogP contribution in [0.25, 0.3) is 0 Å². The lowest BCUT2D eigenvalue weighted by Gasteiger charge is -2.22. The molecule has 7 heteroatoms. The number of hydrogen-bond acceptors (Lipinski definition) is 4. The van der Waals surface area contributed by atoms with E-state index in [-0.39, 0.29) is 17.7 Å². The van der Waals surface area contributed by atoms with Crippen LogP contribution in [-0.2, 0) is 4.79 Å². The summed E-state index contributed by atoms with van der Waals surface area (Å²) in [6, 6.07) is 10.3. The van der Waals surface area contributed by atoms with Crippen molar-refractivity contribution < 1.29 is 14.4 Å². The maximum absolute atomic E-state index is 12.9. The average Bonchev–Trinajstić information content (AvgIpc) is 3.00. The molecule has 0 saturated carbocycles. The van der Waals surface area contributed by atoms with Gasteiger partial charge in [-0.3, -0.25) is 19.4 Å². The van der Waals surface area contributed by atoms with Gasteiger partial charge in [-0.15, -0.1) is 0 Å². The monoisotopic (exact) mass is 380 g/mol. The van der Waals surface area contributed by atoms with Crippen LogP contribution in [0.15, 0.2) is 48.8 Å². The lowest BCUT2D eigenvalue weighted by atomic mass is 10.1. The Kier molecular flexibility index (Phi) is 6.37. The van der Waals surface area contributed by atoms with E-state index in [9.17, 15) is 14.4 Å². The Labute approximate surface area is 164 Å². The van der Waals surface area contributed by atoms with Crippen molar-refractivity contribution in [2.45, 2.75) is 19.8 Å². The van der Waals surface area contributed by atoms with Crippen molar-refractivity contribution in [2.75, 3.05) is 31.5 Å². The van der Waals surface area contributed by atoms with Gasteiger partial charge in [0, 0.05) is 56.2 Å². The number of amides is 3. The Morgan fingerprint density at radius 2 is 1.75 bits per heavy atom. The van der Waals surface area contributed by atoms with E-state index in [1.54, 1.807) is 47.5 Å². The summed E-state index contributed by atoms with van der Waals surface area (Å²) in [4.78, 5) is 44.6. The maximum Gasteiger partial charge on any atom is 0.257 e. The van der Waals surface area contributed by atoms with Gasteiger partial charge in [0.15, 0.2) is 0 Å². The summed E-state index contributed by atoms with van der Waals surface area (Å²) in [7, 11) is 0. The van der Waals surface area contributed by atoms with Gasteiger partial charge in [-0.2, -0.15) is 0 Å². The molecule has 0 atom stereocenters. The van der Waals surface area contributed by atoms with Crippen molar-refractivity contribution in [3.05, 3.63) is 59.9 Å². The molecule has 0 aliphatic carbocycles. The van der Waals surface area contributed by atoms with Crippen LogP contribution in [0.4, 0.5) is 5.69 Å².